The number of hydrogen-bond donors (Lipinski definition) is 1. The first-order valence-corrected chi connectivity index (χ1v) is 3.75. The van der Waals surface area contributed by atoms with Crippen LogP contribution in [0.15, 0.2) is 12.1 Å². The van der Waals surface area contributed by atoms with Gasteiger partial charge in [0.2, 0.25) is 5.95 Å². The van der Waals surface area contributed by atoms with Gasteiger partial charge in [-0.15, -0.1) is 10.2 Å². The van der Waals surface area contributed by atoms with Crippen LogP contribution in [0.4, 0.5) is 10.2 Å². The summed E-state index contributed by atoms with van der Waals surface area (Å²) in [5.74, 6) is 0.0263. The van der Waals surface area contributed by atoms with Crippen LogP contribution in [0.3, 0.4) is 0 Å². The molecule has 0 bridgehead atoms. The summed E-state index contributed by atoms with van der Waals surface area (Å²) in [6, 6.07) is 2.84. The summed E-state index contributed by atoms with van der Waals surface area (Å²) in [5, 5.41) is 9.98. The number of halogens is 1. The molecule has 0 aliphatic carbocycles. The molecule has 0 saturated carbocycles. The van der Waals surface area contributed by atoms with E-state index in [1.807, 2.05) is 20.8 Å². The van der Waals surface area contributed by atoms with Crippen molar-refractivity contribution in [2.75, 3.05) is 5.32 Å². The zero-order valence-electron chi connectivity index (χ0n) is 7.43. The van der Waals surface area contributed by atoms with Gasteiger partial charge in [0, 0.05) is 5.54 Å². The van der Waals surface area contributed by atoms with Gasteiger partial charge in [-0.2, -0.15) is 4.39 Å². The molecule has 0 unspecified atom stereocenters. The minimum absolute atomic E-state index is 0.0769. The number of hydrogen-bond acceptors (Lipinski definition) is 3. The van der Waals surface area contributed by atoms with Crippen LogP contribution in [-0.4, -0.2) is 15.7 Å². The monoisotopic (exact) mass is 169 g/mol. The van der Waals surface area contributed by atoms with Gasteiger partial charge in [-0.1, -0.05) is 0 Å². The van der Waals surface area contributed by atoms with Gasteiger partial charge in [-0.05, 0) is 32.9 Å². The van der Waals surface area contributed by atoms with E-state index in [0.717, 1.165) is 0 Å². The molecule has 1 heterocycles. The van der Waals surface area contributed by atoms with Gasteiger partial charge in [0.15, 0.2) is 0 Å². The molecule has 0 aliphatic rings. The summed E-state index contributed by atoms with van der Waals surface area (Å²) in [4.78, 5) is 0. The van der Waals surface area contributed by atoms with E-state index in [9.17, 15) is 4.39 Å². The van der Waals surface area contributed by atoms with Gasteiger partial charge in [0.25, 0.3) is 0 Å². The Morgan fingerprint density at radius 1 is 1.25 bits per heavy atom. The van der Waals surface area contributed by atoms with Gasteiger partial charge < -0.3 is 5.32 Å². The Morgan fingerprint density at radius 2 is 1.92 bits per heavy atom. The van der Waals surface area contributed by atoms with Crippen LogP contribution in [0.1, 0.15) is 20.8 Å². The molecule has 0 spiro atoms. The normalized spacial score (nSPS) is 11.3. The zero-order chi connectivity index (χ0) is 9.19. The first-order chi connectivity index (χ1) is 5.47. The summed E-state index contributed by atoms with van der Waals surface area (Å²) < 4.78 is 12.3. The molecule has 0 atom stereocenters. The Labute approximate surface area is 71.0 Å². The first kappa shape index (κ1) is 8.90. The molecule has 1 aromatic rings. The molecule has 1 N–H and O–H groups in total. The number of nitrogens with one attached hydrogen (secondary N) is 1. The molecular formula is C8H12FN3. The molecule has 0 aromatic carbocycles. The van der Waals surface area contributed by atoms with Crippen LogP contribution in [0.2, 0.25) is 0 Å². The van der Waals surface area contributed by atoms with Crippen LogP contribution in [0.25, 0.3) is 0 Å². The lowest BCUT2D eigenvalue weighted by Crippen LogP contribution is -2.26. The topological polar surface area (TPSA) is 37.8 Å². The van der Waals surface area contributed by atoms with Crippen molar-refractivity contribution in [3.05, 3.63) is 18.1 Å². The predicted octanol–water partition coefficient (Wildman–Crippen LogP) is 1.83. The summed E-state index contributed by atoms with van der Waals surface area (Å²) in [6.45, 7) is 5.99. The highest BCUT2D eigenvalue weighted by atomic mass is 19.1. The molecule has 0 aliphatic heterocycles. The highest BCUT2D eigenvalue weighted by Crippen LogP contribution is 2.09. The quantitative estimate of drug-likeness (QED) is 0.696. The third kappa shape index (κ3) is 2.82. The van der Waals surface area contributed by atoms with Crippen LogP contribution >= 0.6 is 0 Å². The predicted molar refractivity (Wildman–Crippen MR) is 45.4 cm³/mol. The molecule has 3 nitrogen and oxygen atoms in total. The van der Waals surface area contributed by atoms with E-state index < -0.39 is 5.95 Å². The summed E-state index contributed by atoms with van der Waals surface area (Å²) in [6.07, 6.45) is 0. The molecular weight excluding hydrogens is 157 g/mol. The van der Waals surface area contributed by atoms with Crippen LogP contribution in [-0.2, 0) is 0 Å². The van der Waals surface area contributed by atoms with Gasteiger partial charge >= 0.3 is 0 Å². The fraction of sp³-hybridized carbons (Fsp3) is 0.500. The SMILES string of the molecule is CC(C)(C)Nc1ccc(F)nn1. The molecule has 1 aromatic heterocycles. The van der Waals surface area contributed by atoms with Crippen molar-refractivity contribution in [2.45, 2.75) is 26.3 Å². The summed E-state index contributed by atoms with van der Waals surface area (Å²) in [5.41, 5.74) is -0.0769. The van der Waals surface area contributed by atoms with Gasteiger partial charge in [-0.3, -0.25) is 0 Å². The minimum Gasteiger partial charge on any atom is -0.364 e. The van der Waals surface area contributed by atoms with E-state index in [0.29, 0.717) is 5.82 Å². The van der Waals surface area contributed by atoms with E-state index in [1.165, 1.54) is 6.07 Å². The lowest BCUT2D eigenvalue weighted by atomic mass is 10.1. The highest BCUT2D eigenvalue weighted by molar-refractivity contribution is 5.34. The van der Waals surface area contributed by atoms with Crippen molar-refractivity contribution >= 4 is 5.82 Å². The van der Waals surface area contributed by atoms with Gasteiger partial charge in [0.05, 0.1) is 0 Å². The largest absolute Gasteiger partial charge is 0.364 e. The fourth-order valence-electron chi connectivity index (χ4n) is 0.767. The van der Waals surface area contributed by atoms with Crippen molar-refractivity contribution in [3.8, 4) is 0 Å². The number of aromatic nitrogens is 2. The van der Waals surface area contributed by atoms with E-state index in [-0.39, 0.29) is 5.54 Å². The number of nitrogens with zero attached hydrogens (tertiary/aromatic N) is 2. The minimum atomic E-state index is -0.561. The molecule has 1 rings (SSSR count). The number of rotatable bonds is 1. The lowest BCUT2D eigenvalue weighted by molar-refractivity contribution is 0.559. The second kappa shape index (κ2) is 3.05. The molecule has 0 radical (unpaired) electrons. The van der Waals surface area contributed by atoms with E-state index in [2.05, 4.69) is 15.5 Å². The van der Waals surface area contributed by atoms with Crippen molar-refractivity contribution in [1.29, 1.82) is 0 Å². The molecule has 0 amide bonds. The van der Waals surface area contributed by atoms with Gasteiger partial charge in [-0.25, -0.2) is 0 Å². The fourth-order valence-corrected chi connectivity index (χ4v) is 0.767. The van der Waals surface area contributed by atoms with Crippen LogP contribution in [0.5, 0.6) is 0 Å². The summed E-state index contributed by atoms with van der Waals surface area (Å²) >= 11 is 0. The average molecular weight is 169 g/mol. The van der Waals surface area contributed by atoms with Crippen molar-refractivity contribution in [2.24, 2.45) is 0 Å². The second-order valence-corrected chi connectivity index (χ2v) is 3.62. The molecule has 12 heavy (non-hydrogen) atoms. The van der Waals surface area contributed by atoms with Crippen LogP contribution in [0, 0.1) is 5.95 Å². The lowest BCUT2D eigenvalue weighted by Gasteiger charge is -2.20. The standard InChI is InChI=1S/C8H12FN3/c1-8(2,3)10-7-5-4-6(9)11-12-7/h4-5H,1-3H3,(H,10,12). The van der Waals surface area contributed by atoms with E-state index >= 15 is 0 Å². The average Bonchev–Trinajstić information content (AvgIpc) is 1.91. The molecule has 0 fully saturated rings. The third-order valence-corrected chi connectivity index (χ3v) is 1.14. The summed E-state index contributed by atoms with van der Waals surface area (Å²) in [7, 11) is 0. The van der Waals surface area contributed by atoms with Gasteiger partial charge in [0.1, 0.15) is 5.82 Å². The Balaban J connectivity index is 2.71. The smallest absolute Gasteiger partial charge is 0.233 e. The van der Waals surface area contributed by atoms with Crippen molar-refractivity contribution in [3.63, 3.8) is 0 Å². The maximum Gasteiger partial charge on any atom is 0.233 e. The number of anilines is 1. The Hall–Kier alpha value is -1.19. The Kier molecular flexibility index (Phi) is 2.26. The van der Waals surface area contributed by atoms with Crippen molar-refractivity contribution in [1.82, 2.24) is 10.2 Å². The highest BCUT2D eigenvalue weighted by Gasteiger charge is 2.09. The maximum atomic E-state index is 12.3. The molecule has 4 heteroatoms. The molecule has 66 valence electrons. The molecule has 0 saturated heterocycles. The van der Waals surface area contributed by atoms with E-state index in [4.69, 9.17) is 0 Å². The van der Waals surface area contributed by atoms with E-state index in [1.54, 1.807) is 6.07 Å². The maximum absolute atomic E-state index is 12.3. The second-order valence-electron chi connectivity index (χ2n) is 3.62. The Morgan fingerprint density at radius 3 is 2.33 bits per heavy atom. The first-order valence-electron chi connectivity index (χ1n) is 3.75. The third-order valence-electron chi connectivity index (χ3n) is 1.14. The van der Waals surface area contributed by atoms with Crippen LogP contribution < -0.4 is 5.32 Å². The van der Waals surface area contributed by atoms with Crippen molar-refractivity contribution < 1.29 is 4.39 Å². The Bertz CT molecular complexity index is 250. The zero-order valence-corrected chi connectivity index (χ0v) is 7.43.